The van der Waals surface area contributed by atoms with Crippen molar-refractivity contribution in [2.24, 2.45) is 9.98 Å². The number of amidine groups is 2. The van der Waals surface area contributed by atoms with Crippen molar-refractivity contribution in [1.82, 2.24) is 5.32 Å². The van der Waals surface area contributed by atoms with E-state index in [0.717, 1.165) is 44.5 Å². The van der Waals surface area contributed by atoms with E-state index in [2.05, 4.69) is 157 Å². The molecule has 1 aliphatic heterocycles. The van der Waals surface area contributed by atoms with Crippen molar-refractivity contribution < 1.29 is 4.42 Å². The first-order valence-corrected chi connectivity index (χ1v) is 19.7. The summed E-state index contributed by atoms with van der Waals surface area (Å²) in [6.07, 6.45) is -0.420. The van der Waals surface area contributed by atoms with Crippen molar-refractivity contribution in [3.63, 3.8) is 0 Å². The second kappa shape index (κ2) is 13.3. The van der Waals surface area contributed by atoms with Crippen LogP contribution in [0, 0.1) is 0 Å². The molecule has 1 aliphatic rings. The van der Waals surface area contributed by atoms with Gasteiger partial charge >= 0.3 is 0 Å². The van der Waals surface area contributed by atoms with E-state index in [-0.39, 0.29) is 0 Å². The maximum Gasteiger partial charge on any atom is 0.159 e. The lowest BCUT2D eigenvalue weighted by Crippen LogP contribution is -2.33. The number of rotatable bonds is 6. The normalized spacial score (nSPS) is 14.2. The molecule has 0 amide bonds. The minimum absolute atomic E-state index is 0.420. The van der Waals surface area contributed by atoms with Crippen LogP contribution >= 0.6 is 11.3 Å². The van der Waals surface area contributed by atoms with Crippen molar-refractivity contribution >= 4 is 65.1 Å². The molecule has 11 rings (SSSR count). The van der Waals surface area contributed by atoms with Gasteiger partial charge in [-0.25, -0.2) is 9.98 Å². The van der Waals surface area contributed by atoms with E-state index in [1.807, 2.05) is 47.7 Å². The lowest BCUT2D eigenvalue weighted by atomic mass is 9.93. The van der Waals surface area contributed by atoms with Crippen LogP contribution in [0.4, 0.5) is 0 Å². The third-order valence-corrected chi connectivity index (χ3v) is 12.0. The summed E-state index contributed by atoms with van der Waals surface area (Å²) in [7, 11) is 0. The number of benzene rings is 8. The summed E-state index contributed by atoms with van der Waals surface area (Å²) in [4.78, 5) is 10.7. The molecule has 5 heteroatoms. The second-order valence-electron chi connectivity index (χ2n) is 14.1. The highest BCUT2D eigenvalue weighted by Gasteiger charge is 2.27. The average molecular weight is 736 g/mol. The fourth-order valence-electron chi connectivity index (χ4n) is 8.15. The number of hydrogen-bond donors (Lipinski definition) is 1. The van der Waals surface area contributed by atoms with E-state index >= 15 is 0 Å². The lowest BCUT2D eigenvalue weighted by Gasteiger charge is -2.25. The Balaban J connectivity index is 1.20. The number of fused-ring (bicyclic) bond motifs is 6. The number of para-hydroxylation sites is 1. The average Bonchev–Trinajstić information content (AvgIpc) is 3.86. The summed E-state index contributed by atoms with van der Waals surface area (Å²) in [5.74, 6) is 1.47. The van der Waals surface area contributed by atoms with E-state index < -0.39 is 6.17 Å². The van der Waals surface area contributed by atoms with Gasteiger partial charge in [0.15, 0.2) is 5.84 Å². The van der Waals surface area contributed by atoms with Crippen molar-refractivity contribution in [1.29, 1.82) is 0 Å². The maximum atomic E-state index is 6.35. The largest absolute Gasteiger partial charge is 0.456 e. The number of furan rings is 1. The smallest absolute Gasteiger partial charge is 0.159 e. The molecular weight excluding hydrogens is 703 g/mol. The van der Waals surface area contributed by atoms with Gasteiger partial charge in [-0.1, -0.05) is 158 Å². The molecule has 264 valence electrons. The number of aliphatic imine (C=N–C) groups is 2. The van der Waals surface area contributed by atoms with Gasteiger partial charge in [0.2, 0.25) is 0 Å². The molecule has 0 spiro atoms. The number of nitrogens with one attached hydrogen (secondary N) is 1. The molecule has 0 bridgehead atoms. The molecule has 3 heterocycles. The third-order valence-electron chi connectivity index (χ3n) is 10.8. The monoisotopic (exact) mass is 735 g/mol. The molecular formula is C51H33N3OS. The lowest BCUT2D eigenvalue weighted by molar-refractivity contribution is 0.662. The highest BCUT2D eigenvalue weighted by Crippen LogP contribution is 2.47. The van der Waals surface area contributed by atoms with E-state index in [1.165, 1.54) is 53.6 Å². The highest BCUT2D eigenvalue weighted by molar-refractivity contribution is 7.27. The van der Waals surface area contributed by atoms with Crippen LogP contribution < -0.4 is 5.32 Å². The van der Waals surface area contributed by atoms with Gasteiger partial charge in [0, 0.05) is 53.2 Å². The quantitative estimate of drug-likeness (QED) is 0.185. The molecule has 56 heavy (non-hydrogen) atoms. The second-order valence-corrected chi connectivity index (χ2v) is 15.1. The van der Waals surface area contributed by atoms with Gasteiger partial charge in [0.1, 0.15) is 23.2 Å². The predicted molar refractivity (Wildman–Crippen MR) is 235 cm³/mol. The molecule has 0 saturated heterocycles. The molecule has 4 nitrogen and oxygen atoms in total. The first kappa shape index (κ1) is 32.4. The summed E-state index contributed by atoms with van der Waals surface area (Å²) in [5.41, 5.74) is 11.9. The van der Waals surface area contributed by atoms with Gasteiger partial charge in [0.25, 0.3) is 0 Å². The minimum atomic E-state index is -0.420. The summed E-state index contributed by atoms with van der Waals surface area (Å²) < 4.78 is 8.81. The molecule has 2 aromatic heterocycles. The van der Waals surface area contributed by atoms with E-state index in [9.17, 15) is 0 Å². The number of hydrogen-bond acceptors (Lipinski definition) is 5. The van der Waals surface area contributed by atoms with Crippen LogP contribution in [-0.2, 0) is 0 Å². The molecule has 10 aromatic rings. The summed E-state index contributed by atoms with van der Waals surface area (Å²) in [6.45, 7) is 0. The Morgan fingerprint density at radius 3 is 1.79 bits per heavy atom. The van der Waals surface area contributed by atoms with Gasteiger partial charge in [-0.3, -0.25) is 0 Å². The summed E-state index contributed by atoms with van der Waals surface area (Å²) >= 11 is 1.86. The van der Waals surface area contributed by atoms with Crippen LogP contribution in [-0.4, -0.2) is 11.7 Å². The van der Waals surface area contributed by atoms with Gasteiger partial charge in [-0.05, 0) is 58.1 Å². The zero-order valence-electron chi connectivity index (χ0n) is 30.2. The van der Waals surface area contributed by atoms with Gasteiger partial charge in [-0.2, -0.15) is 0 Å². The Bertz CT molecular complexity index is 3150. The fraction of sp³-hybridized carbons (Fsp3) is 0.0196. The number of thiophene rings is 1. The SMILES string of the molecule is c1ccc(C2=NC(c3cccc4oc5ccccc5c34)NC(c3ccc(-c4ccccc4)c4sc5c(-c6ccccc6)cc(-c6ccccc6)cc5c34)=N2)cc1. The van der Waals surface area contributed by atoms with Crippen LogP contribution in [0.15, 0.2) is 202 Å². The van der Waals surface area contributed by atoms with Crippen molar-refractivity contribution in [2.75, 3.05) is 0 Å². The van der Waals surface area contributed by atoms with Gasteiger partial charge < -0.3 is 9.73 Å². The number of nitrogens with zero attached hydrogens (tertiary/aromatic N) is 2. The first-order valence-electron chi connectivity index (χ1n) is 18.9. The van der Waals surface area contributed by atoms with Crippen molar-refractivity contribution in [2.45, 2.75) is 6.17 Å². The fourth-order valence-corrected chi connectivity index (χ4v) is 9.53. The maximum absolute atomic E-state index is 6.35. The molecule has 0 radical (unpaired) electrons. The zero-order chi connectivity index (χ0) is 37.0. The standard InChI is InChI=1S/C51H33N3OS/c1-5-16-32(17-6-1)36-30-41(34-20-9-3-10-21-34)47-42(31-36)46-40(29-28-37(48(46)56-47)33-18-7-2-8-19-33)51-53-49(35-22-11-4-12-23-35)52-50(54-51)39-25-15-27-44-45(39)38-24-13-14-26-43(38)55-44/h1-31,50H,(H,52,53,54). The Morgan fingerprint density at radius 2 is 1.05 bits per heavy atom. The molecule has 1 N–H and O–H groups in total. The van der Waals surface area contributed by atoms with Crippen LogP contribution in [0.5, 0.6) is 0 Å². The van der Waals surface area contributed by atoms with Crippen LogP contribution in [0.25, 0.3) is 75.5 Å². The summed E-state index contributed by atoms with van der Waals surface area (Å²) in [6, 6.07) is 66.2. The van der Waals surface area contributed by atoms with Crippen molar-refractivity contribution in [3.8, 4) is 33.4 Å². The molecule has 1 atom stereocenters. The third kappa shape index (κ3) is 5.44. The Hall–Kier alpha value is -7.08. The Labute approximate surface area is 327 Å². The molecule has 0 aliphatic carbocycles. The highest BCUT2D eigenvalue weighted by atomic mass is 32.1. The minimum Gasteiger partial charge on any atom is -0.456 e. The Kier molecular flexibility index (Phi) is 7.71. The van der Waals surface area contributed by atoms with E-state index in [4.69, 9.17) is 14.4 Å². The van der Waals surface area contributed by atoms with E-state index in [1.54, 1.807) is 0 Å². The first-order chi connectivity index (χ1) is 27.8. The molecule has 0 fully saturated rings. The van der Waals surface area contributed by atoms with Crippen molar-refractivity contribution in [3.05, 3.63) is 205 Å². The predicted octanol–water partition coefficient (Wildman–Crippen LogP) is 13.5. The van der Waals surface area contributed by atoms with Crippen LogP contribution in [0.3, 0.4) is 0 Å². The van der Waals surface area contributed by atoms with Gasteiger partial charge in [0.05, 0.1) is 0 Å². The van der Waals surface area contributed by atoms with E-state index in [0.29, 0.717) is 5.84 Å². The molecule has 0 saturated carbocycles. The van der Waals surface area contributed by atoms with Crippen LogP contribution in [0.1, 0.15) is 22.9 Å². The Morgan fingerprint density at radius 1 is 0.446 bits per heavy atom. The zero-order valence-corrected chi connectivity index (χ0v) is 31.0. The topological polar surface area (TPSA) is 49.9 Å². The van der Waals surface area contributed by atoms with Crippen LogP contribution in [0.2, 0.25) is 0 Å². The molecule has 8 aromatic carbocycles. The summed E-state index contributed by atoms with van der Waals surface area (Å²) in [5, 5.41) is 8.36. The molecule has 1 unspecified atom stereocenters. The van der Waals surface area contributed by atoms with Gasteiger partial charge in [-0.15, -0.1) is 11.3 Å².